The standard InChI is InChI=1S/C14H20N2O2S/c1-11(19(3)17)6-7-16-10-12-4-5-14(18-2)13(8-12)9-15/h4-5,8,11,16H,6-7,10H2,1-3H3. The first-order valence-electron chi connectivity index (χ1n) is 6.18. The monoisotopic (exact) mass is 280 g/mol. The van der Waals surface area contributed by atoms with Crippen molar-refractivity contribution in [3.63, 3.8) is 0 Å². The fourth-order valence-electron chi connectivity index (χ4n) is 1.66. The van der Waals surface area contributed by atoms with E-state index in [0.29, 0.717) is 17.9 Å². The molecular weight excluding hydrogens is 260 g/mol. The lowest BCUT2D eigenvalue weighted by molar-refractivity contribution is 0.413. The van der Waals surface area contributed by atoms with Crippen molar-refractivity contribution in [2.75, 3.05) is 19.9 Å². The minimum absolute atomic E-state index is 0.207. The molecule has 0 aliphatic rings. The lowest BCUT2D eigenvalue weighted by Gasteiger charge is -2.10. The van der Waals surface area contributed by atoms with Gasteiger partial charge in [0.1, 0.15) is 11.8 Å². The number of benzene rings is 1. The summed E-state index contributed by atoms with van der Waals surface area (Å²) in [7, 11) is 0.789. The molecule has 19 heavy (non-hydrogen) atoms. The molecule has 2 unspecified atom stereocenters. The van der Waals surface area contributed by atoms with Crippen LogP contribution in [0.15, 0.2) is 18.2 Å². The molecule has 1 rings (SSSR count). The summed E-state index contributed by atoms with van der Waals surface area (Å²) in [4.78, 5) is 0. The van der Waals surface area contributed by atoms with Crippen molar-refractivity contribution < 1.29 is 8.95 Å². The minimum atomic E-state index is -0.767. The van der Waals surface area contributed by atoms with Gasteiger partial charge in [0.05, 0.1) is 12.7 Å². The van der Waals surface area contributed by atoms with Gasteiger partial charge in [-0.1, -0.05) is 13.0 Å². The molecule has 1 N–H and O–H groups in total. The molecule has 0 aliphatic heterocycles. The molecule has 1 aromatic rings. The molecular formula is C14H20N2O2S. The summed E-state index contributed by atoms with van der Waals surface area (Å²) in [5.41, 5.74) is 1.59. The molecule has 104 valence electrons. The van der Waals surface area contributed by atoms with Crippen molar-refractivity contribution >= 4 is 10.8 Å². The van der Waals surface area contributed by atoms with Crippen LogP contribution in [-0.4, -0.2) is 29.4 Å². The number of nitrogens with zero attached hydrogens (tertiary/aromatic N) is 1. The van der Waals surface area contributed by atoms with Crippen molar-refractivity contribution in [2.45, 2.75) is 25.1 Å². The van der Waals surface area contributed by atoms with Crippen LogP contribution in [-0.2, 0) is 17.3 Å². The van der Waals surface area contributed by atoms with E-state index in [1.54, 1.807) is 19.4 Å². The Morgan fingerprint density at radius 2 is 2.26 bits per heavy atom. The minimum Gasteiger partial charge on any atom is -0.495 e. The summed E-state index contributed by atoms with van der Waals surface area (Å²) in [5, 5.41) is 12.5. The fraction of sp³-hybridized carbons (Fsp3) is 0.500. The summed E-state index contributed by atoms with van der Waals surface area (Å²) in [6.45, 7) is 3.50. The third kappa shape index (κ3) is 5.01. The maximum Gasteiger partial charge on any atom is 0.136 e. The van der Waals surface area contributed by atoms with Gasteiger partial charge in [-0.15, -0.1) is 0 Å². The fourth-order valence-corrected chi connectivity index (χ4v) is 2.11. The molecule has 5 heteroatoms. The van der Waals surface area contributed by atoms with Gasteiger partial charge in [0.25, 0.3) is 0 Å². The zero-order valence-electron chi connectivity index (χ0n) is 11.6. The molecule has 0 fully saturated rings. The van der Waals surface area contributed by atoms with Crippen LogP contribution in [0, 0.1) is 11.3 Å². The average molecular weight is 280 g/mol. The van der Waals surface area contributed by atoms with Crippen LogP contribution in [0.4, 0.5) is 0 Å². The number of ether oxygens (including phenoxy) is 1. The van der Waals surface area contributed by atoms with Crippen LogP contribution in [0.1, 0.15) is 24.5 Å². The molecule has 1 aromatic carbocycles. The molecule has 0 aromatic heterocycles. The zero-order valence-corrected chi connectivity index (χ0v) is 12.4. The number of methoxy groups -OCH3 is 1. The highest BCUT2D eigenvalue weighted by molar-refractivity contribution is 7.84. The number of nitriles is 1. The smallest absolute Gasteiger partial charge is 0.136 e. The Balaban J connectivity index is 2.46. The number of hydrogen-bond donors (Lipinski definition) is 1. The molecule has 0 spiro atoms. The van der Waals surface area contributed by atoms with Crippen LogP contribution in [0.2, 0.25) is 0 Å². The Labute approximate surface area is 117 Å². The van der Waals surface area contributed by atoms with Gasteiger partial charge in [-0.05, 0) is 30.7 Å². The van der Waals surface area contributed by atoms with Gasteiger partial charge >= 0.3 is 0 Å². The molecule has 0 amide bonds. The second-order valence-electron chi connectivity index (χ2n) is 4.42. The summed E-state index contributed by atoms with van der Waals surface area (Å²) < 4.78 is 16.3. The average Bonchev–Trinajstić information content (AvgIpc) is 2.42. The predicted octanol–water partition coefficient (Wildman–Crippen LogP) is 1.81. The van der Waals surface area contributed by atoms with Gasteiger partial charge in [0.15, 0.2) is 0 Å². The quantitative estimate of drug-likeness (QED) is 0.774. The molecule has 0 heterocycles. The van der Waals surface area contributed by atoms with Gasteiger partial charge in [-0.25, -0.2) is 0 Å². The maximum atomic E-state index is 11.2. The van der Waals surface area contributed by atoms with Gasteiger partial charge in [-0.2, -0.15) is 5.26 Å². The van der Waals surface area contributed by atoms with Crippen molar-refractivity contribution in [2.24, 2.45) is 0 Å². The molecule has 4 nitrogen and oxygen atoms in total. The molecule has 0 radical (unpaired) electrons. The van der Waals surface area contributed by atoms with Crippen LogP contribution >= 0.6 is 0 Å². The van der Waals surface area contributed by atoms with Crippen LogP contribution in [0.5, 0.6) is 5.75 Å². The molecule has 0 saturated heterocycles. The van der Waals surface area contributed by atoms with Crippen LogP contribution < -0.4 is 10.1 Å². The Morgan fingerprint density at radius 1 is 1.53 bits per heavy atom. The first kappa shape index (κ1) is 15.7. The normalized spacial score (nSPS) is 13.6. The number of hydrogen-bond acceptors (Lipinski definition) is 4. The van der Waals surface area contributed by atoms with Crippen molar-refractivity contribution in [3.8, 4) is 11.8 Å². The molecule has 2 atom stereocenters. The van der Waals surface area contributed by atoms with Crippen LogP contribution in [0.3, 0.4) is 0 Å². The van der Waals surface area contributed by atoms with E-state index in [2.05, 4.69) is 11.4 Å². The summed E-state index contributed by atoms with van der Waals surface area (Å²) in [6, 6.07) is 7.69. The lowest BCUT2D eigenvalue weighted by Crippen LogP contribution is -2.21. The van der Waals surface area contributed by atoms with E-state index in [9.17, 15) is 4.21 Å². The van der Waals surface area contributed by atoms with Gasteiger partial charge in [0.2, 0.25) is 0 Å². The lowest BCUT2D eigenvalue weighted by atomic mass is 10.1. The Hall–Kier alpha value is -1.38. The second-order valence-corrected chi connectivity index (χ2v) is 6.22. The first-order valence-corrected chi connectivity index (χ1v) is 7.80. The largest absolute Gasteiger partial charge is 0.495 e. The first-order chi connectivity index (χ1) is 9.08. The van der Waals surface area contributed by atoms with Gasteiger partial charge < -0.3 is 10.1 Å². The van der Waals surface area contributed by atoms with E-state index in [1.165, 1.54) is 0 Å². The Bertz CT molecular complexity index is 483. The Kier molecular flexibility index (Phi) is 6.54. The van der Waals surface area contributed by atoms with Crippen LogP contribution in [0.25, 0.3) is 0 Å². The highest BCUT2D eigenvalue weighted by atomic mass is 32.2. The van der Waals surface area contributed by atoms with E-state index in [4.69, 9.17) is 10.00 Å². The highest BCUT2D eigenvalue weighted by Crippen LogP contribution is 2.18. The maximum absolute atomic E-state index is 11.2. The van der Waals surface area contributed by atoms with E-state index in [-0.39, 0.29) is 5.25 Å². The SMILES string of the molecule is COc1ccc(CNCCC(C)S(C)=O)cc1C#N. The summed E-state index contributed by atoms with van der Waals surface area (Å²) in [6.07, 6.45) is 2.61. The number of nitrogens with one attached hydrogen (secondary N) is 1. The number of rotatable bonds is 7. The summed E-state index contributed by atoms with van der Waals surface area (Å²) >= 11 is 0. The second kappa shape index (κ2) is 7.93. The van der Waals surface area contributed by atoms with E-state index in [1.807, 2.05) is 19.1 Å². The third-order valence-electron chi connectivity index (χ3n) is 3.01. The third-order valence-corrected chi connectivity index (χ3v) is 4.38. The summed E-state index contributed by atoms with van der Waals surface area (Å²) in [5.74, 6) is 0.598. The predicted molar refractivity (Wildman–Crippen MR) is 77.6 cm³/mol. The molecule has 0 saturated carbocycles. The molecule has 0 aliphatic carbocycles. The Morgan fingerprint density at radius 3 is 2.84 bits per heavy atom. The van der Waals surface area contributed by atoms with Gasteiger partial charge in [-0.3, -0.25) is 4.21 Å². The van der Waals surface area contributed by atoms with Crippen molar-refractivity contribution in [1.29, 1.82) is 5.26 Å². The van der Waals surface area contributed by atoms with E-state index < -0.39 is 10.8 Å². The van der Waals surface area contributed by atoms with E-state index in [0.717, 1.165) is 18.5 Å². The highest BCUT2D eigenvalue weighted by Gasteiger charge is 2.06. The molecule has 0 bridgehead atoms. The zero-order chi connectivity index (χ0) is 14.3. The van der Waals surface area contributed by atoms with Crippen molar-refractivity contribution in [3.05, 3.63) is 29.3 Å². The van der Waals surface area contributed by atoms with Crippen molar-refractivity contribution in [1.82, 2.24) is 5.32 Å². The topological polar surface area (TPSA) is 62.1 Å². The van der Waals surface area contributed by atoms with Gasteiger partial charge in [0, 0.05) is 28.9 Å². The van der Waals surface area contributed by atoms with E-state index >= 15 is 0 Å².